The van der Waals surface area contributed by atoms with Crippen LogP contribution in [0.2, 0.25) is 0 Å². The molecule has 1 fully saturated rings. The number of rotatable bonds is 4. The number of ether oxygens (including phenoxy) is 2. The van der Waals surface area contributed by atoms with Crippen LogP contribution >= 0.6 is 0 Å². The van der Waals surface area contributed by atoms with Gasteiger partial charge in [0.15, 0.2) is 0 Å². The van der Waals surface area contributed by atoms with E-state index < -0.39 is 17.7 Å². The zero-order valence-electron chi connectivity index (χ0n) is 13.9. The van der Waals surface area contributed by atoms with Gasteiger partial charge in [-0.05, 0) is 39.8 Å². The van der Waals surface area contributed by atoms with Crippen LogP contribution in [-0.4, -0.2) is 52.7 Å². The fourth-order valence-corrected chi connectivity index (χ4v) is 2.12. The van der Waals surface area contributed by atoms with Crippen molar-refractivity contribution in [3.63, 3.8) is 0 Å². The lowest BCUT2D eigenvalue weighted by Gasteiger charge is -2.40. The Hall–Kier alpha value is -2.31. The quantitative estimate of drug-likeness (QED) is 0.911. The van der Waals surface area contributed by atoms with Gasteiger partial charge in [0.2, 0.25) is 5.91 Å². The molecule has 2 rings (SSSR count). The third-order valence-corrected chi connectivity index (χ3v) is 3.20. The highest BCUT2D eigenvalue weighted by Gasteiger charge is 2.35. The van der Waals surface area contributed by atoms with Crippen LogP contribution in [0.25, 0.3) is 0 Å². The van der Waals surface area contributed by atoms with Gasteiger partial charge in [-0.1, -0.05) is 0 Å². The van der Waals surface area contributed by atoms with Crippen LogP contribution in [-0.2, 0) is 9.53 Å². The smallest absolute Gasteiger partial charge is 0.408 e. The average molecular weight is 321 g/mol. The molecule has 126 valence electrons. The fourth-order valence-electron chi connectivity index (χ4n) is 2.12. The Kier molecular flexibility index (Phi) is 5.08. The van der Waals surface area contributed by atoms with E-state index in [0.717, 1.165) is 0 Å². The van der Waals surface area contributed by atoms with Crippen LogP contribution in [0.5, 0.6) is 5.75 Å². The van der Waals surface area contributed by atoms with Crippen molar-refractivity contribution in [3.05, 3.63) is 24.5 Å². The van der Waals surface area contributed by atoms with Crippen LogP contribution in [0.4, 0.5) is 4.79 Å². The summed E-state index contributed by atoms with van der Waals surface area (Å²) in [7, 11) is 0. The largest absolute Gasteiger partial charge is 0.485 e. The van der Waals surface area contributed by atoms with Crippen molar-refractivity contribution < 1.29 is 19.1 Å². The minimum atomic E-state index is -0.635. The van der Waals surface area contributed by atoms with E-state index in [1.165, 1.54) is 0 Å². The predicted octanol–water partition coefficient (Wildman–Crippen LogP) is 1.58. The van der Waals surface area contributed by atoms with Crippen molar-refractivity contribution in [2.75, 3.05) is 13.1 Å². The van der Waals surface area contributed by atoms with Crippen molar-refractivity contribution in [2.24, 2.45) is 0 Å². The van der Waals surface area contributed by atoms with Crippen LogP contribution < -0.4 is 10.1 Å². The molecule has 0 spiro atoms. The topological polar surface area (TPSA) is 80.8 Å². The summed E-state index contributed by atoms with van der Waals surface area (Å²) in [6, 6.07) is 2.98. The van der Waals surface area contributed by atoms with E-state index in [1.807, 2.05) is 6.07 Å². The molecule has 7 nitrogen and oxygen atoms in total. The zero-order valence-corrected chi connectivity index (χ0v) is 13.9. The van der Waals surface area contributed by atoms with Gasteiger partial charge < -0.3 is 19.7 Å². The van der Waals surface area contributed by atoms with E-state index in [2.05, 4.69) is 10.3 Å². The second kappa shape index (κ2) is 6.85. The lowest BCUT2D eigenvalue weighted by atomic mass is 10.1. The van der Waals surface area contributed by atoms with Crippen molar-refractivity contribution in [1.29, 1.82) is 0 Å². The van der Waals surface area contributed by atoms with Gasteiger partial charge in [-0.25, -0.2) is 4.79 Å². The molecule has 1 atom stereocenters. The first-order valence-corrected chi connectivity index (χ1v) is 7.59. The first-order chi connectivity index (χ1) is 10.7. The number of nitrogens with zero attached hydrogens (tertiary/aromatic N) is 2. The van der Waals surface area contributed by atoms with E-state index in [0.29, 0.717) is 18.8 Å². The molecular formula is C16H23N3O4. The number of alkyl carbamates (subject to hydrolysis) is 1. The molecule has 0 radical (unpaired) electrons. The molecule has 1 unspecified atom stereocenters. The van der Waals surface area contributed by atoms with Gasteiger partial charge in [0.05, 0.1) is 19.3 Å². The summed E-state index contributed by atoms with van der Waals surface area (Å²) in [5.41, 5.74) is -0.591. The summed E-state index contributed by atoms with van der Waals surface area (Å²) in [5, 5.41) is 2.55. The molecule has 1 aliphatic rings. The summed E-state index contributed by atoms with van der Waals surface area (Å²) in [6.45, 7) is 7.95. The molecule has 7 heteroatoms. The minimum absolute atomic E-state index is 0.0446. The third kappa shape index (κ3) is 5.12. The fraction of sp³-hybridized carbons (Fsp3) is 0.562. The Labute approximate surface area is 136 Å². The molecule has 0 bridgehead atoms. The molecule has 1 aromatic rings. The minimum Gasteiger partial charge on any atom is -0.485 e. The maximum Gasteiger partial charge on any atom is 0.408 e. The van der Waals surface area contributed by atoms with E-state index in [-0.39, 0.29) is 12.0 Å². The highest BCUT2D eigenvalue weighted by Crippen LogP contribution is 2.17. The van der Waals surface area contributed by atoms with Gasteiger partial charge in [0, 0.05) is 6.20 Å². The molecule has 0 aliphatic carbocycles. The second-order valence-electron chi connectivity index (χ2n) is 6.54. The highest BCUT2D eigenvalue weighted by atomic mass is 16.6. The van der Waals surface area contributed by atoms with Gasteiger partial charge in [-0.3, -0.25) is 9.78 Å². The number of carbonyl (C=O) groups excluding carboxylic acids is 2. The van der Waals surface area contributed by atoms with E-state index >= 15 is 0 Å². The maximum atomic E-state index is 12.2. The number of pyridine rings is 1. The number of carbonyl (C=O) groups is 2. The lowest BCUT2D eigenvalue weighted by molar-refractivity contribution is -0.141. The van der Waals surface area contributed by atoms with Gasteiger partial charge in [-0.2, -0.15) is 0 Å². The summed E-state index contributed by atoms with van der Waals surface area (Å²) in [5.74, 6) is 0.534. The van der Waals surface area contributed by atoms with E-state index in [1.54, 1.807) is 51.1 Å². The van der Waals surface area contributed by atoms with Gasteiger partial charge in [0.1, 0.15) is 23.5 Å². The maximum absolute atomic E-state index is 12.2. The molecule has 0 saturated carbocycles. The second-order valence-corrected chi connectivity index (χ2v) is 6.54. The standard InChI is InChI=1S/C16H23N3O4/c1-11(18-15(21)23-16(2,3)4)14(20)19-9-13(10-19)22-12-6-5-7-17-8-12/h5-8,11,13H,9-10H2,1-4H3,(H,18,21). The first-order valence-electron chi connectivity index (χ1n) is 7.59. The average Bonchev–Trinajstić information content (AvgIpc) is 2.40. The molecule has 2 heterocycles. The normalized spacial score (nSPS) is 16.3. The molecule has 1 saturated heterocycles. The molecule has 1 N–H and O–H groups in total. The van der Waals surface area contributed by atoms with E-state index in [4.69, 9.17) is 9.47 Å². The highest BCUT2D eigenvalue weighted by molar-refractivity contribution is 5.86. The van der Waals surface area contributed by atoms with Crippen LogP contribution in [0, 0.1) is 0 Å². The Morgan fingerprint density at radius 1 is 1.39 bits per heavy atom. The number of hydrogen-bond donors (Lipinski definition) is 1. The predicted molar refractivity (Wildman–Crippen MR) is 84.1 cm³/mol. The zero-order chi connectivity index (χ0) is 17.0. The monoisotopic (exact) mass is 321 g/mol. The van der Waals surface area contributed by atoms with Crippen LogP contribution in [0.3, 0.4) is 0 Å². The SMILES string of the molecule is CC(NC(=O)OC(C)(C)C)C(=O)N1CC(Oc2cccnc2)C1. The first kappa shape index (κ1) is 17.1. The Balaban J connectivity index is 1.74. The lowest BCUT2D eigenvalue weighted by Crippen LogP contribution is -2.60. The van der Waals surface area contributed by atoms with Crippen molar-refractivity contribution in [2.45, 2.75) is 45.4 Å². The molecular weight excluding hydrogens is 298 g/mol. The van der Waals surface area contributed by atoms with Crippen molar-refractivity contribution in [1.82, 2.24) is 15.2 Å². The summed E-state index contributed by atoms with van der Waals surface area (Å²) in [4.78, 5) is 29.5. The van der Waals surface area contributed by atoms with Gasteiger partial charge >= 0.3 is 6.09 Å². The van der Waals surface area contributed by atoms with Crippen molar-refractivity contribution in [3.8, 4) is 5.75 Å². The van der Waals surface area contributed by atoms with E-state index in [9.17, 15) is 9.59 Å². The van der Waals surface area contributed by atoms with Gasteiger partial charge in [0.25, 0.3) is 0 Å². The Bertz CT molecular complexity index is 550. The molecule has 23 heavy (non-hydrogen) atoms. The summed E-state index contributed by atoms with van der Waals surface area (Å²) in [6.07, 6.45) is 2.67. The number of aromatic nitrogens is 1. The number of likely N-dealkylation sites (tertiary alicyclic amines) is 1. The summed E-state index contributed by atoms with van der Waals surface area (Å²) >= 11 is 0. The van der Waals surface area contributed by atoms with Crippen molar-refractivity contribution >= 4 is 12.0 Å². The molecule has 1 aromatic heterocycles. The third-order valence-electron chi connectivity index (χ3n) is 3.20. The Morgan fingerprint density at radius 3 is 2.65 bits per heavy atom. The Morgan fingerprint density at radius 2 is 2.09 bits per heavy atom. The number of hydrogen-bond acceptors (Lipinski definition) is 5. The molecule has 1 aliphatic heterocycles. The van der Waals surface area contributed by atoms with Crippen LogP contribution in [0.1, 0.15) is 27.7 Å². The molecule has 2 amide bonds. The summed E-state index contributed by atoms with van der Waals surface area (Å²) < 4.78 is 10.8. The number of amides is 2. The van der Waals surface area contributed by atoms with Gasteiger partial charge in [-0.15, -0.1) is 0 Å². The number of nitrogens with one attached hydrogen (secondary N) is 1. The van der Waals surface area contributed by atoms with Crippen LogP contribution in [0.15, 0.2) is 24.5 Å². The molecule has 0 aromatic carbocycles.